The molecular weight excluding hydrogens is 242 g/mol. The summed E-state index contributed by atoms with van der Waals surface area (Å²) in [6.07, 6.45) is 0. The topological polar surface area (TPSA) is 101 Å². The lowest BCUT2D eigenvalue weighted by atomic mass is 10.2. The van der Waals surface area contributed by atoms with Crippen LogP contribution in [-0.2, 0) is 10.0 Å². The van der Waals surface area contributed by atoms with E-state index >= 15 is 0 Å². The molecule has 0 atom stereocenters. The molecule has 0 bridgehead atoms. The van der Waals surface area contributed by atoms with Gasteiger partial charge in [0.25, 0.3) is 10.0 Å². The molecule has 0 saturated heterocycles. The molecule has 0 unspecified atom stereocenters. The summed E-state index contributed by atoms with van der Waals surface area (Å²) in [6.45, 7) is 3.76. The summed E-state index contributed by atoms with van der Waals surface area (Å²) in [5, 5.41) is 2.34. The monoisotopic (exact) mass is 257 g/mol. The zero-order valence-corrected chi connectivity index (χ0v) is 10.5. The van der Waals surface area contributed by atoms with Crippen molar-refractivity contribution in [2.75, 3.05) is 12.3 Å². The molecule has 0 heterocycles. The van der Waals surface area contributed by atoms with Gasteiger partial charge in [-0.3, -0.25) is 0 Å². The van der Waals surface area contributed by atoms with Crippen LogP contribution in [0.15, 0.2) is 23.1 Å². The van der Waals surface area contributed by atoms with Crippen molar-refractivity contribution >= 4 is 21.7 Å². The van der Waals surface area contributed by atoms with Crippen molar-refractivity contribution in [1.29, 1.82) is 0 Å². The molecule has 0 spiro atoms. The Balaban J connectivity index is 3.01. The lowest BCUT2D eigenvalue weighted by molar-refractivity contribution is 0.246. The van der Waals surface area contributed by atoms with E-state index in [0.717, 1.165) is 0 Å². The second-order valence-electron chi connectivity index (χ2n) is 3.54. The Morgan fingerprint density at radius 2 is 2.00 bits per heavy atom. The van der Waals surface area contributed by atoms with Gasteiger partial charge in [-0.05, 0) is 37.6 Å². The molecule has 7 heteroatoms. The Labute approximate surface area is 100 Å². The number of nitrogens with one attached hydrogen (secondary N) is 2. The fraction of sp³-hybridized carbons (Fsp3) is 0.300. The Hall–Kier alpha value is -1.76. The molecule has 17 heavy (non-hydrogen) atoms. The molecule has 6 nitrogen and oxygen atoms in total. The van der Waals surface area contributed by atoms with Crippen LogP contribution in [0.3, 0.4) is 0 Å². The van der Waals surface area contributed by atoms with Gasteiger partial charge in [0.15, 0.2) is 0 Å². The number of hydrogen-bond donors (Lipinski definition) is 3. The highest BCUT2D eigenvalue weighted by molar-refractivity contribution is 7.90. The molecular formula is C10H15N3O3S. The highest BCUT2D eigenvalue weighted by Crippen LogP contribution is 2.15. The minimum Gasteiger partial charge on any atom is -0.399 e. The van der Waals surface area contributed by atoms with Gasteiger partial charge in [0.2, 0.25) is 0 Å². The fourth-order valence-electron chi connectivity index (χ4n) is 1.31. The highest BCUT2D eigenvalue weighted by atomic mass is 32.2. The second kappa shape index (κ2) is 5.05. The van der Waals surface area contributed by atoms with E-state index in [1.54, 1.807) is 19.9 Å². The molecule has 0 aliphatic rings. The van der Waals surface area contributed by atoms with Gasteiger partial charge in [0, 0.05) is 12.2 Å². The van der Waals surface area contributed by atoms with Crippen LogP contribution in [0.25, 0.3) is 0 Å². The molecule has 2 amide bonds. The lowest BCUT2D eigenvalue weighted by Gasteiger charge is -2.08. The van der Waals surface area contributed by atoms with Crippen LogP contribution in [0.5, 0.6) is 0 Å². The van der Waals surface area contributed by atoms with Crippen molar-refractivity contribution < 1.29 is 13.2 Å². The molecule has 1 aromatic carbocycles. The number of urea groups is 1. The zero-order chi connectivity index (χ0) is 13.1. The molecule has 0 saturated carbocycles. The van der Waals surface area contributed by atoms with E-state index in [9.17, 15) is 13.2 Å². The summed E-state index contributed by atoms with van der Waals surface area (Å²) < 4.78 is 25.5. The first kappa shape index (κ1) is 13.3. The van der Waals surface area contributed by atoms with Gasteiger partial charge >= 0.3 is 6.03 Å². The van der Waals surface area contributed by atoms with Crippen LogP contribution in [0.1, 0.15) is 12.5 Å². The summed E-state index contributed by atoms with van der Waals surface area (Å²) in [7, 11) is -3.87. The minimum absolute atomic E-state index is 0.0266. The summed E-state index contributed by atoms with van der Waals surface area (Å²) in [5.74, 6) is 0. The third-order valence-corrected chi connectivity index (χ3v) is 3.26. The maximum Gasteiger partial charge on any atom is 0.328 e. The quantitative estimate of drug-likeness (QED) is 0.689. The van der Waals surface area contributed by atoms with Crippen molar-refractivity contribution in [2.24, 2.45) is 0 Å². The van der Waals surface area contributed by atoms with Gasteiger partial charge in [0.1, 0.15) is 0 Å². The molecule has 0 aliphatic carbocycles. The first-order valence-corrected chi connectivity index (χ1v) is 6.51. The molecule has 4 N–H and O–H groups in total. The maximum absolute atomic E-state index is 11.8. The number of hydrogen-bond acceptors (Lipinski definition) is 4. The summed E-state index contributed by atoms with van der Waals surface area (Å²) in [4.78, 5) is 11.1. The third kappa shape index (κ3) is 3.63. The van der Waals surface area contributed by atoms with Gasteiger partial charge in [-0.15, -0.1) is 0 Å². The number of sulfonamides is 1. The van der Waals surface area contributed by atoms with E-state index in [0.29, 0.717) is 17.8 Å². The minimum atomic E-state index is -3.87. The van der Waals surface area contributed by atoms with Crippen LogP contribution in [-0.4, -0.2) is 21.0 Å². The summed E-state index contributed by atoms with van der Waals surface area (Å²) >= 11 is 0. The Bertz CT molecular complexity index is 505. The van der Waals surface area contributed by atoms with E-state index in [2.05, 4.69) is 5.32 Å². The van der Waals surface area contributed by atoms with Crippen molar-refractivity contribution in [3.8, 4) is 0 Å². The van der Waals surface area contributed by atoms with Crippen LogP contribution in [0, 0.1) is 6.92 Å². The smallest absolute Gasteiger partial charge is 0.328 e. The van der Waals surface area contributed by atoms with Crippen LogP contribution in [0.2, 0.25) is 0 Å². The Kier molecular flexibility index (Phi) is 3.95. The molecule has 1 rings (SSSR count). The molecule has 0 radical (unpaired) electrons. The largest absolute Gasteiger partial charge is 0.399 e. The van der Waals surface area contributed by atoms with E-state index in [1.165, 1.54) is 12.1 Å². The molecule has 1 aromatic rings. The lowest BCUT2D eigenvalue weighted by Crippen LogP contribution is -2.39. The van der Waals surface area contributed by atoms with Crippen LogP contribution < -0.4 is 15.8 Å². The van der Waals surface area contributed by atoms with Gasteiger partial charge in [-0.25, -0.2) is 17.9 Å². The highest BCUT2D eigenvalue weighted by Gasteiger charge is 2.17. The standard InChI is InChI=1S/C10H15N3O3S/c1-3-12-10(14)13-17(15,16)9-5-7(2)4-8(11)6-9/h4-6H,3,11H2,1-2H3,(H2,12,13,14). The first-order chi connectivity index (χ1) is 7.85. The van der Waals surface area contributed by atoms with E-state index in [4.69, 9.17) is 5.73 Å². The first-order valence-electron chi connectivity index (χ1n) is 5.03. The number of carbonyl (C=O) groups is 1. The second-order valence-corrected chi connectivity index (χ2v) is 5.23. The molecule has 0 aliphatic heterocycles. The predicted molar refractivity (Wildman–Crippen MR) is 65.0 cm³/mol. The average molecular weight is 257 g/mol. The maximum atomic E-state index is 11.8. The van der Waals surface area contributed by atoms with Gasteiger partial charge in [-0.2, -0.15) is 0 Å². The zero-order valence-electron chi connectivity index (χ0n) is 9.65. The van der Waals surface area contributed by atoms with Crippen LogP contribution in [0.4, 0.5) is 10.5 Å². The van der Waals surface area contributed by atoms with Crippen molar-refractivity contribution in [3.63, 3.8) is 0 Å². The van der Waals surface area contributed by atoms with Gasteiger partial charge in [-0.1, -0.05) is 0 Å². The molecule has 0 fully saturated rings. The van der Waals surface area contributed by atoms with Gasteiger partial charge in [0.05, 0.1) is 4.90 Å². The van der Waals surface area contributed by atoms with Crippen molar-refractivity contribution in [2.45, 2.75) is 18.7 Å². The molecule has 0 aromatic heterocycles. The number of amides is 2. The SMILES string of the molecule is CCNC(=O)NS(=O)(=O)c1cc(C)cc(N)c1. The average Bonchev–Trinajstić information content (AvgIpc) is 2.15. The van der Waals surface area contributed by atoms with Crippen molar-refractivity contribution in [3.05, 3.63) is 23.8 Å². The predicted octanol–water partition coefficient (Wildman–Crippen LogP) is 0.585. The number of anilines is 1. The number of nitrogen functional groups attached to an aromatic ring is 1. The Morgan fingerprint density at radius 3 is 2.53 bits per heavy atom. The van der Waals surface area contributed by atoms with Gasteiger partial charge < -0.3 is 11.1 Å². The van der Waals surface area contributed by atoms with E-state index in [-0.39, 0.29) is 4.90 Å². The fourth-order valence-corrected chi connectivity index (χ4v) is 2.38. The number of carbonyl (C=O) groups excluding carboxylic acids is 1. The van der Waals surface area contributed by atoms with E-state index in [1.807, 2.05) is 4.72 Å². The Morgan fingerprint density at radius 1 is 1.35 bits per heavy atom. The number of rotatable bonds is 3. The van der Waals surface area contributed by atoms with Crippen LogP contribution >= 0.6 is 0 Å². The normalized spacial score (nSPS) is 10.9. The third-order valence-electron chi connectivity index (χ3n) is 1.95. The summed E-state index contributed by atoms with van der Waals surface area (Å²) in [6, 6.07) is 3.63. The number of benzene rings is 1. The van der Waals surface area contributed by atoms with E-state index < -0.39 is 16.1 Å². The number of aryl methyl sites for hydroxylation is 1. The summed E-state index contributed by atoms with van der Waals surface area (Å²) in [5.41, 5.74) is 6.60. The molecule has 94 valence electrons. The van der Waals surface area contributed by atoms with Crippen molar-refractivity contribution in [1.82, 2.24) is 10.0 Å². The number of nitrogens with two attached hydrogens (primary N) is 1.